The van der Waals surface area contributed by atoms with Crippen LogP contribution in [0.15, 0.2) is 58.2 Å². The normalized spacial score (nSPS) is 11.6. The van der Waals surface area contributed by atoms with Crippen molar-refractivity contribution in [2.24, 2.45) is 7.05 Å². The number of halogens is 1. The maximum Gasteiger partial charge on any atom is 0.261 e. The number of hydrogen-bond acceptors (Lipinski definition) is 8. The second-order valence-electron chi connectivity index (χ2n) is 6.58. The number of sulfonamides is 1. The summed E-state index contributed by atoms with van der Waals surface area (Å²) in [5.41, 5.74) is 1.63. The van der Waals surface area contributed by atoms with Gasteiger partial charge >= 0.3 is 0 Å². The van der Waals surface area contributed by atoms with Crippen LogP contribution in [0.1, 0.15) is 5.69 Å². The summed E-state index contributed by atoms with van der Waals surface area (Å²) in [7, 11) is -1.96. The summed E-state index contributed by atoms with van der Waals surface area (Å²) in [6, 6.07) is 8.83. The first-order valence-electron chi connectivity index (χ1n) is 9.36. The van der Waals surface area contributed by atoms with E-state index in [1.165, 1.54) is 24.3 Å². The lowest BCUT2D eigenvalue weighted by Gasteiger charge is -2.06. The quantitative estimate of drug-likeness (QED) is 0.428. The molecular formula is C20H18FN6O4S. The first-order chi connectivity index (χ1) is 15.4. The summed E-state index contributed by atoms with van der Waals surface area (Å²) in [5, 5.41) is 8.17. The van der Waals surface area contributed by atoms with Gasteiger partial charge in [-0.1, -0.05) is 17.3 Å². The summed E-state index contributed by atoms with van der Waals surface area (Å²) in [6.07, 6.45) is 2.61. The maximum atomic E-state index is 13.0. The molecule has 0 amide bonds. The van der Waals surface area contributed by atoms with Crippen molar-refractivity contribution in [3.63, 3.8) is 0 Å². The summed E-state index contributed by atoms with van der Waals surface area (Å²) in [6.45, 7) is 3.60. The Balaban J connectivity index is 1.59. The third kappa shape index (κ3) is 4.50. The second-order valence-corrected chi connectivity index (χ2v) is 8.35. The molecule has 4 aromatic rings. The topological polar surface area (TPSA) is 125 Å². The van der Waals surface area contributed by atoms with Crippen molar-refractivity contribution in [2.45, 2.75) is 11.5 Å². The Labute approximate surface area is 183 Å². The molecule has 12 heteroatoms. The van der Waals surface area contributed by atoms with E-state index in [1.54, 1.807) is 30.1 Å². The Hall–Kier alpha value is -3.64. The minimum absolute atomic E-state index is 0.0260. The van der Waals surface area contributed by atoms with Crippen molar-refractivity contribution < 1.29 is 22.1 Å². The van der Waals surface area contributed by atoms with E-state index in [4.69, 9.17) is 9.26 Å². The van der Waals surface area contributed by atoms with Crippen LogP contribution in [-0.2, 0) is 23.7 Å². The fourth-order valence-electron chi connectivity index (χ4n) is 2.87. The molecule has 0 aliphatic heterocycles. The standard InChI is InChI=1S/C20H18FN6O4S/c1-3-24-32(28,29)15-6-4-5-13(9-15)19-25-20(31-26-19)16-11-23-27(2)17(16)12-30-18-8-7-14(21)10-22-18/h4-11,24H,1,3,12H2,2H3. The molecule has 4 rings (SSSR count). The third-order valence-corrected chi connectivity index (χ3v) is 5.93. The van der Waals surface area contributed by atoms with Gasteiger partial charge in [-0.05, 0) is 25.1 Å². The Morgan fingerprint density at radius 2 is 2.09 bits per heavy atom. The number of nitrogens with one attached hydrogen (secondary N) is 1. The molecule has 1 aromatic carbocycles. The highest BCUT2D eigenvalue weighted by atomic mass is 32.2. The first-order valence-corrected chi connectivity index (χ1v) is 10.8. The SMILES string of the molecule is [CH2]CNS(=O)(=O)c1cccc(-c2noc(-c3cnn(C)c3COc3ccc(F)cn3)n2)c1. The van der Waals surface area contributed by atoms with Gasteiger partial charge in [0.15, 0.2) is 0 Å². The summed E-state index contributed by atoms with van der Waals surface area (Å²) >= 11 is 0. The molecule has 3 aromatic heterocycles. The molecule has 32 heavy (non-hydrogen) atoms. The van der Waals surface area contributed by atoms with Crippen LogP contribution in [0.3, 0.4) is 0 Å². The average molecular weight is 457 g/mol. The molecule has 1 N–H and O–H groups in total. The number of hydrogen-bond donors (Lipinski definition) is 1. The molecule has 165 valence electrons. The van der Waals surface area contributed by atoms with Crippen molar-refractivity contribution in [1.29, 1.82) is 0 Å². The lowest BCUT2D eigenvalue weighted by atomic mass is 10.2. The summed E-state index contributed by atoms with van der Waals surface area (Å²) in [5.74, 6) is 0.181. The van der Waals surface area contributed by atoms with Gasteiger partial charge in [-0.3, -0.25) is 4.68 Å². The minimum Gasteiger partial charge on any atom is -0.471 e. The Morgan fingerprint density at radius 1 is 1.25 bits per heavy atom. The van der Waals surface area contributed by atoms with Gasteiger partial charge in [-0.25, -0.2) is 22.5 Å². The molecular weight excluding hydrogens is 439 g/mol. The monoisotopic (exact) mass is 457 g/mol. The van der Waals surface area contributed by atoms with Crippen LogP contribution < -0.4 is 9.46 Å². The smallest absolute Gasteiger partial charge is 0.261 e. The molecule has 1 radical (unpaired) electrons. The van der Waals surface area contributed by atoms with Gasteiger partial charge in [0.25, 0.3) is 5.89 Å². The van der Waals surface area contributed by atoms with E-state index in [0.717, 1.165) is 6.20 Å². The molecule has 0 saturated heterocycles. The number of benzene rings is 1. The van der Waals surface area contributed by atoms with Crippen LogP contribution in [0.4, 0.5) is 4.39 Å². The molecule has 0 spiro atoms. The van der Waals surface area contributed by atoms with E-state index in [2.05, 4.69) is 31.9 Å². The van der Waals surface area contributed by atoms with E-state index in [1.807, 2.05) is 0 Å². The zero-order valence-electron chi connectivity index (χ0n) is 16.9. The van der Waals surface area contributed by atoms with Crippen LogP contribution in [0.2, 0.25) is 0 Å². The van der Waals surface area contributed by atoms with Crippen LogP contribution in [-0.4, -0.2) is 39.9 Å². The maximum absolute atomic E-state index is 13.0. The van der Waals surface area contributed by atoms with Gasteiger partial charge in [0.2, 0.25) is 21.7 Å². The van der Waals surface area contributed by atoms with Crippen LogP contribution in [0.5, 0.6) is 5.88 Å². The number of aromatic nitrogens is 5. The van der Waals surface area contributed by atoms with Crippen molar-refractivity contribution >= 4 is 10.0 Å². The lowest BCUT2D eigenvalue weighted by molar-refractivity contribution is 0.282. The first kappa shape index (κ1) is 21.6. The third-order valence-electron chi connectivity index (χ3n) is 4.47. The largest absolute Gasteiger partial charge is 0.471 e. The molecule has 0 atom stereocenters. The fraction of sp³-hybridized carbons (Fsp3) is 0.150. The fourth-order valence-corrected chi connectivity index (χ4v) is 3.85. The van der Waals surface area contributed by atoms with Gasteiger partial charge in [-0.2, -0.15) is 10.1 Å². The Morgan fingerprint density at radius 3 is 2.84 bits per heavy atom. The van der Waals surface area contributed by atoms with Gasteiger partial charge in [0.05, 0.1) is 28.5 Å². The minimum atomic E-state index is -3.68. The summed E-state index contributed by atoms with van der Waals surface area (Å²) in [4.78, 5) is 8.30. The van der Waals surface area contributed by atoms with E-state index in [-0.39, 0.29) is 35.6 Å². The van der Waals surface area contributed by atoms with E-state index >= 15 is 0 Å². The van der Waals surface area contributed by atoms with Crippen LogP contribution in [0, 0.1) is 12.7 Å². The Kier molecular flexibility index (Phi) is 5.97. The van der Waals surface area contributed by atoms with E-state index in [9.17, 15) is 12.8 Å². The highest BCUT2D eigenvalue weighted by Gasteiger charge is 2.20. The lowest BCUT2D eigenvalue weighted by Crippen LogP contribution is -2.23. The zero-order chi connectivity index (χ0) is 22.7. The number of ether oxygens (including phenoxy) is 1. The van der Waals surface area contributed by atoms with Crippen LogP contribution in [0.25, 0.3) is 22.8 Å². The Bertz CT molecular complexity index is 1330. The zero-order valence-corrected chi connectivity index (χ0v) is 17.7. The number of nitrogens with zero attached hydrogens (tertiary/aromatic N) is 5. The van der Waals surface area contributed by atoms with Gasteiger partial charge in [0.1, 0.15) is 12.4 Å². The molecule has 3 heterocycles. The number of aryl methyl sites for hydroxylation is 1. The molecule has 0 saturated carbocycles. The molecule has 0 aliphatic carbocycles. The van der Waals surface area contributed by atoms with Gasteiger partial charge in [0, 0.05) is 25.2 Å². The van der Waals surface area contributed by atoms with Gasteiger partial charge in [-0.15, -0.1) is 0 Å². The van der Waals surface area contributed by atoms with E-state index < -0.39 is 15.8 Å². The highest BCUT2D eigenvalue weighted by Crippen LogP contribution is 2.26. The summed E-state index contributed by atoms with van der Waals surface area (Å²) < 4.78 is 52.4. The van der Waals surface area contributed by atoms with Crippen molar-refractivity contribution in [1.82, 2.24) is 29.6 Å². The van der Waals surface area contributed by atoms with Crippen molar-refractivity contribution in [2.75, 3.05) is 6.54 Å². The molecule has 0 aliphatic rings. The molecule has 0 fully saturated rings. The predicted octanol–water partition coefficient (Wildman–Crippen LogP) is 2.36. The second kappa shape index (κ2) is 8.85. The molecule has 10 nitrogen and oxygen atoms in total. The van der Waals surface area contributed by atoms with Crippen molar-refractivity contribution in [3.8, 4) is 28.7 Å². The molecule has 0 unspecified atom stereocenters. The molecule has 0 bridgehead atoms. The van der Waals surface area contributed by atoms with E-state index in [0.29, 0.717) is 16.8 Å². The van der Waals surface area contributed by atoms with Crippen LogP contribution >= 0.6 is 0 Å². The predicted molar refractivity (Wildman–Crippen MR) is 111 cm³/mol. The highest BCUT2D eigenvalue weighted by molar-refractivity contribution is 7.89. The van der Waals surface area contributed by atoms with Crippen molar-refractivity contribution in [3.05, 3.63) is 67.2 Å². The van der Waals surface area contributed by atoms with Gasteiger partial charge < -0.3 is 9.26 Å². The average Bonchev–Trinajstić information content (AvgIpc) is 3.40. The number of rotatable bonds is 8. The number of pyridine rings is 1.